The lowest BCUT2D eigenvalue weighted by molar-refractivity contribution is 0.173. The molecule has 2 nitrogen and oxygen atoms in total. The van der Waals surface area contributed by atoms with Crippen molar-refractivity contribution >= 4 is 11.3 Å². The average molecular weight is 171 g/mol. The third-order valence-corrected chi connectivity index (χ3v) is 2.76. The molecule has 0 aliphatic heterocycles. The van der Waals surface area contributed by atoms with Crippen LogP contribution in [0.25, 0.3) is 0 Å². The molecule has 3 N–H and O–H groups in total. The first kappa shape index (κ1) is 8.71. The minimum absolute atomic E-state index is 0.361. The van der Waals surface area contributed by atoms with E-state index in [4.69, 9.17) is 5.73 Å². The van der Waals surface area contributed by atoms with Crippen molar-refractivity contribution in [2.75, 3.05) is 6.54 Å². The predicted molar refractivity (Wildman–Crippen MR) is 47.7 cm³/mol. The number of nitrogens with two attached hydrogens (primary N) is 1. The van der Waals surface area contributed by atoms with E-state index in [0.717, 1.165) is 10.4 Å². The Kier molecular flexibility index (Phi) is 3.05. The summed E-state index contributed by atoms with van der Waals surface area (Å²) in [5.41, 5.74) is 6.49. The van der Waals surface area contributed by atoms with Crippen LogP contribution in [0.5, 0.6) is 0 Å². The van der Waals surface area contributed by atoms with E-state index >= 15 is 0 Å². The van der Waals surface area contributed by atoms with Gasteiger partial charge in [0.2, 0.25) is 0 Å². The molecule has 0 saturated heterocycles. The summed E-state index contributed by atoms with van der Waals surface area (Å²) in [5.74, 6) is 0. The minimum Gasteiger partial charge on any atom is -0.388 e. The van der Waals surface area contributed by atoms with E-state index in [1.54, 1.807) is 11.3 Å². The summed E-state index contributed by atoms with van der Waals surface area (Å²) in [6, 6.07) is 2.01. The Hall–Kier alpha value is -0.380. The van der Waals surface area contributed by atoms with Crippen molar-refractivity contribution in [3.8, 4) is 0 Å². The Morgan fingerprint density at radius 3 is 2.91 bits per heavy atom. The number of hydrogen-bond acceptors (Lipinski definition) is 3. The van der Waals surface area contributed by atoms with Crippen molar-refractivity contribution in [2.45, 2.75) is 19.4 Å². The van der Waals surface area contributed by atoms with Gasteiger partial charge in [-0.2, -0.15) is 0 Å². The van der Waals surface area contributed by atoms with Crippen molar-refractivity contribution in [2.24, 2.45) is 5.73 Å². The van der Waals surface area contributed by atoms with Gasteiger partial charge in [0.1, 0.15) is 0 Å². The zero-order chi connectivity index (χ0) is 8.27. The van der Waals surface area contributed by atoms with Gasteiger partial charge < -0.3 is 10.8 Å². The monoisotopic (exact) mass is 171 g/mol. The van der Waals surface area contributed by atoms with Gasteiger partial charge in [0.25, 0.3) is 0 Å². The first-order valence-electron chi connectivity index (χ1n) is 3.68. The third-order valence-electron chi connectivity index (χ3n) is 1.64. The van der Waals surface area contributed by atoms with Crippen LogP contribution in [0, 0.1) is 6.92 Å². The molecule has 0 aromatic carbocycles. The van der Waals surface area contributed by atoms with Gasteiger partial charge in [-0.05, 0) is 36.9 Å². The molecule has 0 spiro atoms. The predicted octanol–water partition coefficient (Wildman–Crippen LogP) is 1.44. The summed E-state index contributed by atoms with van der Waals surface area (Å²) in [6.07, 6.45) is 0.293. The zero-order valence-electron chi connectivity index (χ0n) is 6.58. The summed E-state index contributed by atoms with van der Waals surface area (Å²) >= 11 is 1.59. The van der Waals surface area contributed by atoms with E-state index in [1.165, 1.54) is 0 Å². The van der Waals surface area contributed by atoms with E-state index in [2.05, 4.69) is 0 Å². The van der Waals surface area contributed by atoms with Crippen LogP contribution in [-0.4, -0.2) is 11.7 Å². The van der Waals surface area contributed by atoms with Gasteiger partial charge in [0.05, 0.1) is 6.10 Å². The van der Waals surface area contributed by atoms with E-state index in [9.17, 15) is 5.11 Å². The van der Waals surface area contributed by atoms with Crippen LogP contribution in [0.1, 0.15) is 23.0 Å². The summed E-state index contributed by atoms with van der Waals surface area (Å²) in [6.45, 7) is 2.55. The lowest BCUT2D eigenvalue weighted by Gasteiger charge is -2.07. The van der Waals surface area contributed by atoms with Crippen molar-refractivity contribution < 1.29 is 5.11 Å². The van der Waals surface area contributed by atoms with Crippen molar-refractivity contribution in [3.63, 3.8) is 0 Å². The van der Waals surface area contributed by atoms with E-state index in [1.807, 2.05) is 18.4 Å². The maximum Gasteiger partial charge on any atom is 0.0896 e. The van der Waals surface area contributed by atoms with Crippen LogP contribution in [-0.2, 0) is 0 Å². The SMILES string of the molecule is Cc1ccsc1[C@@H](O)CCN. The summed E-state index contributed by atoms with van der Waals surface area (Å²) < 4.78 is 0. The van der Waals surface area contributed by atoms with E-state index in [0.29, 0.717) is 13.0 Å². The molecule has 0 aliphatic carbocycles. The van der Waals surface area contributed by atoms with Crippen molar-refractivity contribution in [1.29, 1.82) is 0 Å². The molecule has 1 atom stereocenters. The largest absolute Gasteiger partial charge is 0.388 e. The van der Waals surface area contributed by atoms with Crippen LogP contribution in [0.4, 0.5) is 0 Å². The molecule has 0 aliphatic rings. The van der Waals surface area contributed by atoms with Gasteiger partial charge in [0.15, 0.2) is 0 Å². The van der Waals surface area contributed by atoms with Crippen LogP contribution < -0.4 is 5.73 Å². The molecule has 1 heterocycles. The number of rotatable bonds is 3. The fourth-order valence-electron chi connectivity index (χ4n) is 1.01. The van der Waals surface area contributed by atoms with Gasteiger partial charge in [-0.25, -0.2) is 0 Å². The molecule has 0 bridgehead atoms. The molecule has 1 aromatic rings. The molecule has 0 fully saturated rings. The number of hydrogen-bond donors (Lipinski definition) is 2. The summed E-state index contributed by atoms with van der Waals surface area (Å²) in [4.78, 5) is 1.05. The maximum atomic E-state index is 9.52. The maximum absolute atomic E-state index is 9.52. The Morgan fingerprint density at radius 2 is 2.45 bits per heavy atom. The van der Waals surface area contributed by atoms with Crippen LogP contribution >= 0.6 is 11.3 Å². The molecular formula is C8H13NOS. The van der Waals surface area contributed by atoms with E-state index in [-0.39, 0.29) is 6.10 Å². The Balaban J connectivity index is 2.67. The van der Waals surface area contributed by atoms with Gasteiger partial charge in [-0.15, -0.1) is 11.3 Å². The fraction of sp³-hybridized carbons (Fsp3) is 0.500. The molecule has 0 saturated carbocycles. The lowest BCUT2D eigenvalue weighted by atomic mass is 10.1. The topological polar surface area (TPSA) is 46.2 Å². The van der Waals surface area contributed by atoms with Gasteiger partial charge >= 0.3 is 0 Å². The first-order valence-corrected chi connectivity index (χ1v) is 4.55. The molecule has 1 aromatic heterocycles. The lowest BCUT2D eigenvalue weighted by Crippen LogP contribution is -2.06. The highest BCUT2D eigenvalue weighted by molar-refractivity contribution is 7.10. The highest BCUT2D eigenvalue weighted by atomic mass is 32.1. The second-order valence-electron chi connectivity index (χ2n) is 2.56. The summed E-state index contributed by atoms with van der Waals surface area (Å²) in [5, 5.41) is 11.5. The van der Waals surface area contributed by atoms with Crippen molar-refractivity contribution in [1.82, 2.24) is 0 Å². The van der Waals surface area contributed by atoms with Crippen LogP contribution in [0.15, 0.2) is 11.4 Å². The smallest absolute Gasteiger partial charge is 0.0896 e. The molecule has 0 amide bonds. The highest BCUT2D eigenvalue weighted by Crippen LogP contribution is 2.25. The normalized spacial score (nSPS) is 13.4. The van der Waals surface area contributed by atoms with Gasteiger partial charge in [-0.3, -0.25) is 0 Å². The van der Waals surface area contributed by atoms with Crippen LogP contribution in [0.2, 0.25) is 0 Å². The quantitative estimate of drug-likeness (QED) is 0.723. The van der Waals surface area contributed by atoms with Crippen molar-refractivity contribution in [3.05, 3.63) is 21.9 Å². The Bertz CT molecular complexity index is 222. The Morgan fingerprint density at radius 1 is 1.73 bits per heavy atom. The number of aliphatic hydroxyl groups is 1. The molecular weight excluding hydrogens is 158 g/mol. The molecule has 1 rings (SSSR count). The van der Waals surface area contributed by atoms with Gasteiger partial charge in [0, 0.05) is 4.88 Å². The second-order valence-corrected chi connectivity index (χ2v) is 3.51. The van der Waals surface area contributed by atoms with E-state index < -0.39 is 0 Å². The molecule has 3 heteroatoms. The average Bonchev–Trinajstić information content (AvgIpc) is 2.36. The van der Waals surface area contributed by atoms with Crippen LogP contribution in [0.3, 0.4) is 0 Å². The standard InChI is InChI=1S/C8H13NOS/c1-6-3-5-11-8(6)7(10)2-4-9/h3,5,7,10H,2,4,9H2,1H3/t7-/m0/s1. The molecule has 0 unspecified atom stereocenters. The highest BCUT2D eigenvalue weighted by Gasteiger charge is 2.09. The first-order chi connectivity index (χ1) is 5.25. The third kappa shape index (κ3) is 2.02. The molecule has 62 valence electrons. The molecule has 11 heavy (non-hydrogen) atoms. The fourth-order valence-corrected chi connectivity index (χ4v) is 1.96. The second kappa shape index (κ2) is 3.85. The minimum atomic E-state index is -0.361. The molecule has 0 radical (unpaired) electrons. The Labute approximate surface area is 70.7 Å². The zero-order valence-corrected chi connectivity index (χ0v) is 7.40. The number of aliphatic hydroxyl groups excluding tert-OH is 1. The number of thiophene rings is 1. The number of aryl methyl sites for hydroxylation is 1. The van der Waals surface area contributed by atoms with Gasteiger partial charge in [-0.1, -0.05) is 0 Å². The summed E-state index contributed by atoms with van der Waals surface area (Å²) in [7, 11) is 0.